The SMILES string of the molecule is C=C[C@H](OCC(=C)C)[C@H]1C=C(C)CO1. The van der Waals surface area contributed by atoms with Crippen LogP contribution in [0, 0.1) is 0 Å². The molecule has 0 amide bonds. The van der Waals surface area contributed by atoms with Crippen LogP contribution >= 0.6 is 0 Å². The highest BCUT2D eigenvalue weighted by atomic mass is 16.5. The largest absolute Gasteiger partial charge is 0.367 e. The van der Waals surface area contributed by atoms with Crippen LogP contribution in [0.2, 0.25) is 0 Å². The van der Waals surface area contributed by atoms with Gasteiger partial charge in [0.25, 0.3) is 0 Å². The molecule has 1 aliphatic heterocycles. The first-order chi connectivity index (χ1) is 6.63. The van der Waals surface area contributed by atoms with E-state index in [4.69, 9.17) is 9.47 Å². The van der Waals surface area contributed by atoms with Gasteiger partial charge >= 0.3 is 0 Å². The number of rotatable bonds is 5. The van der Waals surface area contributed by atoms with Gasteiger partial charge in [-0.3, -0.25) is 0 Å². The molecular weight excluding hydrogens is 176 g/mol. The highest BCUT2D eigenvalue weighted by molar-refractivity contribution is 5.12. The number of hydrogen-bond donors (Lipinski definition) is 0. The van der Waals surface area contributed by atoms with Crippen molar-refractivity contribution in [2.24, 2.45) is 0 Å². The molecule has 1 rings (SSSR count). The van der Waals surface area contributed by atoms with Gasteiger partial charge in [0.15, 0.2) is 0 Å². The Hall–Kier alpha value is -0.860. The second kappa shape index (κ2) is 5.13. The molecular formula is C12H18O2. The van der Waals surface area contributed by atoms with Crippen LogP contribution in [0.15, 0.2) is 36.5 Å². The lowest BCUT2D eigenvalue weighted by Gasteiger charge is -2.19. The standard InChI is InChI=1S/C12H18O2/c1-5-11(13-7-9(2)3)12-6-10(4)8-14-12/h5-6,11-12H,1-2,7-8H2,3-4H3/t11-,12+/m0/s1. The molecule has 0 aromatic rings. The van der Waals surface area contributed by atoms with Crippen molar-refractivity contribution in [2.75, 3.05) is 13.2 Å². The summed E-state index contributed by atoms with van der Waals surface area (Å²) in [5, 5.41) is 0. The lowest BCUT2D eigenvalue weighted by Crippen LogP contribution is -2.26. The zero-order chi connectivity index (χ0) is 10.6. The Morgan fingerprint density at radius 3 is 3.00 bits per heavy atom. The minimum absolute atomic E-state index is 0.0202. The lowest BCUT2D eigenvalue weighted by atomic mass is 10.1. The molecule has 2 heteroatoms. The Balaban J connectivity index is 2.46. The van der Waals surface area contributed by atoms with Gasteiger partial charge in [-0.15, -0.1) is 6.58 Å². The van der Waals surface area contributed by atoms with E-state index >= 15 is 0 Å². The third kappa shape index (κ3) is 3.13. The maximum Gasteiger partial charge on any atom is 0.106 e. The fourth-order valence-electron chi connectivity index (χ4n) is 1.33. The molecule has 14 heavy (non-hydrogen) atoms. The van der Waals surface area contributed by atoms with E-state index in [1.165, 1.54) is 5.57 Å². The molecule has 0 saturated carbocycles. The topological polar surface area (TPSA) is 18.5 Å². The zero-order valence-electron chi connectivity index (χ0n) is 8.95. The summed E-state index contributed by atoms with van der Waals surface area (Å²) >= 11 is 0. The van der Waals surface area contributed by atoms with Gasteiger partial charge in [-0.1, -0.05) is 24.3 Å². The smallest absolute Gasteiger partial charge is 0.106 e. The fraction of sp³-hybridized carbons (Fsp3) is 0.500. The Morgan fingerprint density at radius 1 is 1.86 bits per heavy atom. The normalized spacial score (nSPS) is 23.0. The molecule has 0 aromatic heterocycles. The first-order valence-corrected chi connectivity index (χ1v) is 4.81. The van der Waals surface area contributed by atoms with Crippen molar-refractivity contribution in [3.63, 3.8) is 0 Å². The van der Waals surface area contributed by atoms with Gasteiger partial charge in [0, 0.05) is 0 Å². The van der Waals surface area contributed by atoms with Gasteiger partial charge in [-0.25, -0.2) is 0 Å². The molecule has 2 nitrogen and oxygen atoms in total. The second-order valence-corrected chi connectivity index (χ2v) is 3.76. The van der Waals surface area contributed by atoms with E-state index in [9.17, 15) is 0 Å². The van der Waals surface area contributed by atoms with Crippen LogP contribution in [-0.2, 0) is 9.47 Å². The summed E-state index contributed by atoms with van der Waals surface area (Å²) in [5.41, 5.74) is 2.26. The van der Waals surface area contributed by atoms with Gasteiger partial charge < -0.3 is 9.47 Å². The minimum Gasteiger partial charge on any atom is -0.367 e. The molecule has 2 atom stereocenters. The fourth-order valence-corrected chi connectivity index (χ4v) is 1.33. The predicted molar refractivity (Wildman–Crippen MR) is 58.2 cm³/mol. The molecule has 78 valence electrons. The van der Waals surface area contributed by atoms with E-state index in [0.29, 0.717) is 13.2 Å². The summed E-state index contributed by atoms with van der Waals surface area (Å²) in [4.78, 5) is 0. The third-order valence-corrected chi connectivity index (χ3v) is 2.03. The Morgan fingerprint density at radius 2 is 2.57 bits per heavy atom. The highest BCUT2D eigenvalue weighted by Gasteiger charge is 2.22. The molecule has 0 spiro atoms. The summed E-state index contributed by atoms with van der Waals surface area (Å²) in [7, 11) is 0. The van der Waals surface area contributed by atoms with Crippen molar-refractivity contribution in [3.05, 3.63) is 36.5 Å². The Kier molecular flexibility index (Phi) is 4.11. The van der Waals surface area contributed by atoms with Crippen LogP contribution in [0.3, 0.4) is 0 Å². The summed E-state index contributed by atoms with van der Waals surface area (Å²) in [6, 6.07) is 0. The quantitative estimate of drug-likeness (QED) is 0.626. The van der Waals surface area contributed by atoms with Crippen molar-refractivity contribution in [1.82, 2.24) is 0 Å². The monoisotopic (exact) mass is 194 g/mol. The lowest BCUT2D eigenvalue weighted by molar-refractivity contribution is -0.00392. The van der Waals surface area contributed by atoms with Gasteiger partial charge in [-0.05, 0) is 19.4 Å². The summed E-state index contributed by atoms with van der Waals surface area (Å²) in [5.74, 6) is 0. The Labute approximate surface area is 85.9 Å². The van der Waals surface area contributed by atoms with Crippen LogP contribution < -0.4 is 0 Å². The van der Waals surface area contributed by atoms with Crippen LogP contribution in [-0.4, -0.2) is 25.4 Å². The molecule has 0 N–H and O–H groups in total. The van der Waals surface area contributed by atoms with Crippen molar-refractivity contribution in [2.45, 2.75) is 26.1 Å². The molecule has 1 heterocycles. The molecule has 0 saturated heterocycles. The number of hydrogen-bond acceptors (Lipinski definition) is 2. The first-order valence-electron chi connectivity index (χ1n) is 4.81. The van der Waals surface area contributed by atoms with Gasteiger partial charge in [0.05, 0.1) is 13.2 Å². The van der Waals surface area contributed by atoms with Gasteiger partial charge in [-0.2, -0.15) is 0 Å². The van der Waals surface area contributed by atoms with Crippen molar-refractivity contribution in [3.8, 4) is 0 Å². The molecule has 0 fully saturated rings. The molecule has 0 aliphatic carbocycles. The van der Waals surface area contributed by atoms with E-state index in [-0.39, 0.29) is 12.2 Å². The Bertz CT molecular complexity index is 253. The summed E-state index contributed by atoms with van der Waals surface area (Å²) in [6.07, 6.45) is 3.82. The van der Waals surface area contributed by atoms with Crippen LogP contribution in [0.5, 0.6) is 0 Å². The molecule has 0 bridgehead atoms. The second-order valence-electron chi connectivity index (χ2n) is 3.76. The van der Waals surface area contributed by atoms with E-state index in [2.05, 4.69) is 26.2 Å². The van der Waals surface area contributed by atoms with Gasteiger partial charge in [0.1, 0.15) is 12.2 Å². The average Bonchev–Trinajstić information content (AvgIpc) is 2.53. The summed E-state index contributed by atoms with van der Waals surface area (Å²) < 4.78 is 11.1. The van der Waals surface area contributed by atoms with E-state index in [0.717, 1.165) is 5.57 Å². The maximum absolute atomic E-state index is 5.60. The highest BCUT2D eigenvalue weighted by Crippen LogP contribution is 2.17. The third-order valence-electron chi connectivity index (χ3n) is 2.03. The van der Waals surface area contributed by atoms with Crippen LogP contribution in [0.1, 0.15) is 13.8 Å². The predicted octanol–water partition coefficient (Wildman–Crippen LogP) is 2.48. The van der Waals surface area contributed by atoms with Crippen molar-refractivity contribution < 1.29 is 9.47 Å². The molecule has 1 aliphatic rings. The average molecular weight is 194 g/mol. The van der Waals surface area contributed by atoms with Crippen molar-refractivity contribution in [1.29, 1.82) is 0 Å². The number of ether oxygens (including phenoxy) is 2. The van der Waals surface area contributed by atoms with Crippen LogP contribution in [0.25, 0.3) is 0 Å². The van der Waals surface area contributed by atoms with Crippen molar-refractivity contribution >= 4 is 0 Å². The molecule has 0 radical (unpaired) electrons. The summed E-state index contributed by atoms with van der Waals surface area (Å²) in [6.45, 7) is 12.8. The zero-order valence-corrected chi connectivity index (χ0v) is 8.95. The molecule has 0 aromatic carbocycles. The van der Waals surface area contributed by atoms with E-state index in [1.54, 1.807) is 6.08 Å². The van der Waals surface area contributed by atoms with E-state index < -0.39 is 0 Å². The first kappa shape index (κ1) is 11.2. The molecule has 0 unspecified atom stereocenters. The van der Waals surface area contributed by atoms with E-state index in [1.807, 2.05) is 6.92 Å². The minimum atomic E-state index is -0.0656. The van der Waals surface area contributed by atoms with Gasteiger partial charge in [0.2, 0.25) is 0 Å². The van der Waals surface area contributed by atoms with Crippen LogP contribution in [0.4, 0.5) is 0 Å². The maximum atomic E-state index is 5.60.